The zero-order chi connectivity index (χ0) is 39.8. The molecule has 10 nitrogen and oxygen atoms in total. The zero-order valence-electron chi connectivity index (χ0n) is 32.4. The van der Waals surface area contributed by atoms with E-state index in [-0.39, 0.29) is 19.4 Å². The quantitative estimate of drug-likeness (QED) is 0.0255. The summed E-state index contributed by atoms with van der Waals surface area (Å²) in [6, 6.07) is 0. The average molecular weight is 773 g/mol. The van der Waals surface area contributed by atoms with Gasteiger partial charge < -0.3 is 24.6 Å². The molecule has 0 radical (unpaired) electrons. The van der Waals surface area contributed by atoms with Gasteiger partial charge in [0.15, 0.2) is 6.10 Å². The fourth-order valence-electron chi connectivity index (χ4n) is 4.17. The van der Waals surface area contributed by atoms with Crippen LogP contribution in [0.2, 0.25) is 0 Å². The maximum Gasteiger partial charge on any atom is 0.472 e. The van der Waals surface area contributed by atoms with E-state index in [0.717, 1.165) is 51.4 Å². The van der Waals surface area contributed by atoms with Crippen LogP contribution in [-0.4, -0.2) is 65.7 Å². The molecule has 0 aliphatic carbocycles. The van der Waals surface area contributed by atoms with Crippen molar-refractivity contribution < 1.29 is 47.8 Å². The Hall–Kier alpha value is -3.63. The molecule has 0 rings (SSSR count). The highest BCUT2D eigenvalue weighted by Crippen LogP contribution is 2.43. The molecule has 3 atom stereocenters. The maximum absolute atomic E-state index is 12.5. The highest BCUT2D eigenvalue weighted by molar-refractivity contribution is 7.47. The Labute approximate surface area is 324 Å². The minimum Gasteiger partial charge on any atom is -0.462 e. The van der Waals surface area contributed by atoms with E-state index in [0.29, 0.717) is 19.3 Å². The molecule has 3 N–H and O–H groups in total. The van der Waals surface area contributed by atoms with Crippen molar-refractivity contribution in [1.82, 2.24) is 0 Å². The molecule has 0 aliphatic rings. The Kier molecular flexibility index (Phi) is 35.1. The minimum absolute atomic E-state index is 0.0730. The van der Waals surface area contributed by atoms with Gasteiger partial charge in [-0.1, -0.05) is 161 Å². The van der Waals surface area contributed by atoms with Crippen LogP contribution in [-0.2, 0) is 32.7 Å². The van der Waals surface area contributed by atoms with E-state index >= 15 is 0 Å². The van der Waals surface area contributed by atoms with Gasteiger partial charge in [-0.2, -0.15) is 0 Å². The molecule has 0 aromatic heterocycles. The Balaban J connectivity index is 4.55. The van der Waals surface area contributed by atoms with Crippen LogP contribution >= 0.6 is 7.82 Å². The van der Waals surface area contributed by atoms with Gasteiger partial charge >= 0.3 is 19.8 Å². The predicted molar refractivity (Wildman–Crippen MR) is 218 cm³/mol. The van der Waals surface area contributed by atoms with Crippen molar-refractivity contribution in [1.29, 1.82) is 0 Å². The van der Waals surface area contributed by atoms with Gasteiger partial charge in [0, 0.05) is 12.8 Å². The number of carbonyl (C=O) groups excluding carboxylic acids is 2. The van der Waals surface area contributed by atoms with Crippen LogP contribution in [0.15, 0.2) is 122 Å². The first kappa shape index (κ1) is 50.4. The summed E-state index contributed by atoms with van der Waals surface area (Å²) in [6.07, 6.45) is 47.5. The van der Waals surface area contributed by atoms with E-state index in [1.54, 1.807) is 0 Å². The van der Waals surface area contributed by atoms with E-state index in [9.17, 15) is 24.2 Å². The fourth-order valence-corrected chi connectivity index (χ4v) is 4.96. The van der Waals surface area contributed by atoms with Crippen LogP contribution in [0, 0.1) is 0 Å². The van der Waals surface area contributed by atoms with E-state index in [4.69, 9.17) is 19.1 Å². The van der Waals surface area contributed by atoms with Crippen molar-refractivity contribution in [3.8, 4) is 0 Å². The lowest BCUT2D eigenvalue weighted by Crippen LogP contribution is -2.29. The summed E-state index contributed by atoms with van der Waals surface area (Å²) in [5.41, 5.74) is 0. The molecule has 0 spiro atoms. The molecule has 0 aliphatic heterocycles. The Morgan fingerprint density at radius 3 is 1.59 bits per heavy atom. The van der Waals surface area contributed by atoms with Crippen LogP contribution < -0.4 is 0 Å². The van der Waals surface area contributed by atoms with E-state index < -0.39 is 51.8 Å². The van der Waals surface area contributed by atoms with Crippen LogP contribution in [0.1, 0.15) is 97.3 Å². The SMILES string of the molecule is CC/C=C/C=C/C=C/C=C/C=C/CCCC(=O)OC(COC(=O)CCCCCCC/C=C/C=C/C=C/C=C/C=C/CCC)COP(=O)(O)OC[C@H](O)CO. The summed E-state index contributed by atoms with van der Waals surface area (Å²) < 4.78 is 32.5. The number of hydrogen-bond donors (Lipinski definition) is 3. The molecule has 0 fully saturated rings. The van der Waals surface area contributed by atoms with Gasteiger partial charge in [-0.3, -0.25) is 18.6 Å². The smallest absolute Gasteiger partial charge is 0.462 e. The van der Waals surface area contributed by atoms with E-state index in [1.165, 1.54) is 0 Å². The summed E-state index contributed by atoms with van der Waals surface area (Å²) in [5, 5.41) is 18.3. The van der Waals surface area contributed by atoms with E-state index in [2.05, 4.69) is 42.7 Å². The fraction of sp³-hybridized carbons (Fsp3) is 0.488. The number of phosphoric acid groups is 1. The van der Waals surface area contributed by atoms with Crippen LogP contribution in [0.5, 0.6) is 0 Å². The number of carbonyl (C=O) groups is 2. The van der Waals surface area contributed by atoms with Crippen molar-refractivity contribution in [3.63, 3.8) is 0 Å². The number of ether oxygens (including phenoxy) is 2. The third-order valence-corrected chi connectivity index (χ3v) is 8.04. The van der Waals surface area contributed by atoms with Gasteiger partial charge in [0.25, 0.3) is 0 Å². The lowest BCUT2D eigenvalue weighted by atomic mass is 10.1. The molecule has 0 bridgehead atoms. The van der Waals surface area contributed by atoms with Crippen LogP contribution in [0.3, 0.4) is 0 Å². The molecule has 2 unspecified atom stereocenters. The Bertz CT molecular complexity index is 1300. The van der Waals surface area contributed by atoms with Crippen molar-refractivity contribution in [2.45, 2.75) is 110 Å². The normalized spacial score (nSPS) is 15.3. The molecule has 0 heterocycles. The zero-order valence-corrected chi connectivity index (χ0v) is 33.3. The highest BCUT2D eigenvalue weighted by Gasteiger charge is 2.27. The third-order valence-electron chi connectivity index (χ3n) is 7.09. The van der Waals surface area contributed by atoms with Gasteiger partial charge in [0.2, 0.25) is 0 Å². The molecule has 0 aromatic rings. The van der Waals surface area contributed by atoms with Gasteiger partial charge in [-0.05, 0) is 44.9 Å². The molecular formula is C43H65O10P. The lowest BCUT2D eigenvalue weighted by molar-refractivity contribution is -0.161. The van der Waals surface area contributed by atoms with Crippen molar-refractivity contribution in [2.24, 2.45) is 0 Å². The number of esters is 2. The number of aliphatic hydroxyl groups excluding tert-OH is 2. The molecule has 0 saturated carbocycles. The molecule has 0 amide bonds. The standard InChI is InChI=1S/C43H65O10P/c1-3-5-7-9-11-13-15-17-18-19-20-21-23-24-26-28-30-32-34-42(46)50-38-41(39-52-54(48,49)51-37-40(45)36-44)53-43(47)35-33-31-29-27-25-22-16-14-12-10-8-6-4-2/h6-22,25,27,29,40-41,44-45H,3-5,23-24,26,28,30-39H2,1-2H3,(H,48,49)/b8-6+,9-7+,12-10+,13-11+,16-14+,17-15+,19-18+,21-20+,25-22+,29-27+/t40-,41?/m1/s1. The van der Waals surface area contributed by atoms with Crippen molar-refractivity contribution in [3.05, 3.63) is 122 Å². The largest absolute Gasteiger partial charge is 0.472 e. The Morgan fingerprint density at radius 2 is 1.04 bits per heavy atom. The minimum atomic E-state index is -4.65. The monoisotopic (exact) mass is 772 g/mol. The summed E-state index contributed by atoms with van der Waals surface area (Å²) >= 11 is 0. The van der Waals surface area contributed by atoms with E-state index in [1.807, 2.05) is 97.2 Å². The second kappa shape index (κ2) is 37.7. The first-order valence-corrected chi connectivity index (χ1v) is 20.6. The van der Waals surface area contributed by atoms with Crippen molar-refractivity contribution in [2.75, 3.05) is 26.4 Å². The number of aliphatic hydroxyl groups is 2. The number of rotatable bonds is 33. The molecule has 0 saturated heterocycles. The highest BCUT2D eigenvalue weighted by atomic mass is 31.2. The number of unbranched alkanes of at least 4 members (excludes halogenated alkanes) is 7. The van der Waals surface area contributed by atoms with Gasteiger partial charge in [-0.25, -0.2) is 4.57 Å². The summed E-state index contributed by atoms with van der Waals surface area (Å²) in [6.45, 7) is 1.98. The van der Waals surface area contributed by atoms with Gasteiger partial charge in [-0.15, -0.1) is 0 Å². The number of hydrogen-bond acceptors (Lipinski definition) is 9. The molecule has 11 heteroatoms. The van der Waals surface area contributed by atoms with Gasteiger partial charge in [0.1, 0.15) is 12.7 Å². The lowest BCUT2D eigenvalue weighted by Gasteiger charge is -2.20. The summed E-state index contributed by atoms with van der Waals surface area (Å²) in [4.78, 5) is 34.8. The first-order chi connectivity index (χ1) is 26.2. The molecule has 302 valence electrons. The second-order valence-electron chi connectivity index (χ2n) is 12.1. The van der Waals surface area contributed by atoms with Crippen LogP contribution in [0.25, 0.3) is 0 Å². The number of allylic oxidation sites excluding steroid dienone is 20. The maximum atomic E-state index is 12.5. The average Bonchev–Trinajstić information content (AvgIpc) is 3.16. The van der Waals surface area contributed by atoms with Crippen LogP contribution in [0.4, 0.5) is 0 Å². The summed E-state index contributed by atoms with van der Waals surface area (Å²) in [5.74, 6) is -1.06. The number of phosphoric ester groups is 1. The predicted octanol–water partition coefficient (Wildman–Crippen LogP) is 9.60. The summed E-state index contributed by atoms with van der Waals surface area (Å²) in [7, 11) is -4.65. The van der Waals surface area contributed by atoms with Crippen molar-refractivity contribution >= 4 is 19.8 Å². The molecular weight excluding hydrogens is 707 g/mol. The molecule has 0 aromatic carbocycles. The second-order valence-corrected chi connectivity index (χ2v) is 13.6. The molecule has 54 heavy (non-hydrogen) atoms. The van der Waals surface area contributed by atoms with Gasteiger partial charge in [0.05, 0.1) is 19.8 Å². The topological polar surface area (TPSA) is 149 Å². The Morgan fingerprint density at radius 1 is 0.574 bits per heavy atom. The first-order valence-electron chi connectivity index (χ1n) is 19.1. The third kappa shape index (κ3) is 36.7.